The monoisotopic (exact) mass is 226 g/mol. The van der Waals surface area contributed by atoms with Gasteiger partial charge in [0.05, 0.1) is 12.9 Å². The van der Waals surface area contributed by atoms with Crippen molar-refractivity contribution in [2.24, 2.45) is 0 Å². The van der Waals surface area contributed by atoms with Gasteiger partial charge >= 0.3 is 0 Å². The number of hydrogen-bond acceptors (Lipinski definition) is 3. The fraction of sp³-hybridized carbons (Fsp3) is 0.273. The van der Waals surface area contributed by atoms with Gasteiger partial charge in [0.2, 0.25) is 0 Å². The number of rotatable bonds is 4. The molecule has 0 spiro atoms. The van der Waals surface area contributed by atoms with Gasteiger partial charge in [-0.15, -0.1) is 0 Å². The summed E-state index contributed by atoms with van der Waals surface area (Å²) in [5.41, 5.74) is 2.20. The molecule has 3 nitrogen and oxygen atoms in total. The third kappa shape index (κ3) is 5.34. The van der Waals surface area contributed by atoms with E-state index < -0.39 is 10.1 Å². The minimum Gasteiger partial charge on any atom is -0.266 e. The van der Waals surface area contributed by atoms with Crippen LogP contribution in [0.5, 0.6) is 0 Å². The van der Waals surface area contributed by atoms with Gasteiger partial charge in [-0.3, -0.25) is 4.18 Å². The lowest BCUT2D eigenvalue weighted by atomic mass is 10.1. The van der Waals surface area contributed by atoms with Gasteiger partial charge in [0.25, 0.3) is 10.1 Å². The molecule has 0 heterocycles. The van der Waals surface area contributed by atoms with Gasteiger partial charge in [0, 0.05) is 0 Å². The van der Waals surface area contributed by atoms with Gasteiger partial charge in [-0.05, 0) is 12.5 Å². The summed E-state index contributed by atoms with van der Waals surface area (Å²) in [4.78, 5) is 0. The maximum atomic E-state index is 10.6. The minimum atomic E-state index is -3.34. The van der Waals surface area contributed by atoms with Gasteiger partial charge < -0.3 is 0 Å². The molecule has 1 aromatic carbocycles. The van der Waals surface area contributed by atoms with E-state index in [4.69, 9.17) is 0 Å². The van der Waals surface area contributed by atoms with E-state index in [1.54, 1.807) is 6.08 Å². The molecule has 0 bridgehead atoms. The third-order valence-corrected chi connectivity index (χ3v) is 2.30. The summed E-state index contributed by atoms with van der Waals surface area (Å²) in [6, 6.07) is 7.91. The first-order chi connectivity index (χ1) is 6.97. The maximum Gasteiger partial charge on any atom is 0.264 e. The molecular weight excluding hydrogens is 212 g/mol. The van der Waals surface area contributed by atoms with Crippen LogP contribution < -0.4 is 0 Å². The van der Waals surface area contributed by atoms with E-state index in [9.17, 15) is 8.42 Å². The molecule has 0 fully saturated rings. The summed E-state index contributed by atoms with van der Waals surface area (Å²) in [6.07, 6.45) is 4.54. The lowest BCUT2D eigenvalue weighted by Crippen LogP contribution is -2.01. The van der Waals surface area contributed by atoms with E-state index in [0.717, 1.165) is 11.8 Å². The molecule has 0 N–H and O–H groups in total. The summed E-state index contributed by atoms with van der Waals surface area (Å²) in [5.74, 6) is 0. The van der Waals surface area contributed by atoms with Crippen molar-refractivity contribution in [1.29, 1.82) is 0 Å². The van der Waals surface area contributed by atoms with Crippen LogP contribution in [-0.4, -0.2) is 21.3 Å². The van der Waals surface area contributed by atoms with Crippen molar-refractivity contribution in [3.63, 3.8) is 0 Å². The molecule has 0 unspecified atom stereocenters. The van der Waals surface area contributed by atoms with E-state index in [0.29, 0.717) is 0 Å². The van der Waals surface area contributed by atoms with Crippen LogP contribution >= 0.6 is 0 Å². The lowest BCUT2D eigenvalue weighted by molar-refractivity contribution is 0.362. The Bertz CT molecular complexity index is 447. The SMILES string of the molecule is Cc1cccc(/C=C/COS(C)(=O)=O)c1. The molecule has 0 aliphatic rings. The Morgan fingerprint density at radius 3 is 2.73 bits per heavy atom. The zero-order chi connectivity index (χ0) is 11.3. The van der Waals surface area contributed by atoms with E-state index >= 15 is 0 Å². The molecular formula is C11H14O3S. The standard InChI is InChI=1S/C11H14O3S/c1-10-5-3-6-11(9-10)7-4-8-14-15(2,12)13/h3-7,9H,8H2,1-2H3/b7-4+. The Balaban J connectivity index is 2.52. The van der Waals surface area contributed by atoms with E-state index in [1.165, 1.54) is 5.56 Å². The molecule has 0 aromatic heterocycles. The Labute approximate surface area is 90.5 Å². The zero-order valence-electron chi connectivity index (χ0n) is 8.80. The highest BCUT2D eigenvalue weighted by Crippen LogP contribution is 2.05. The molecule has 0 atom stereocenters. The van der Waals surface area contributed by atoms with E-state index in [2.05, 4.69) is 4.18 Å². The number of hydrogen-bond donors (Lipinski definition) is 0. The van der Waals surface area contributed by atoms with Gasteiger partial charge in [0.15, 0.2) is 0 Å². The van der Waals surface area contributed by atoms with E-state index in [1.807, 2.05) is 37.3 Å². The fourth-order valence-electron chi connectivity index (χ4n) is 1.12. The molecule has 0 saturated carbocycles. The molecule has 0 radical (unpaired) electrons. The van der Waals surface area contributed by atoms with E-state index in [-0.39, 0.29) is 6.61 Å². The molecule has 0 aliphatic heterocycles. The summed E-state index contributed by atoms with van der Waals surface area (Å²) in [7, 11) is -3.34. The predicted molar refractivity (Wildman–Crippen MR) is 61.0 cm³/mol. The predicted octanol–water partition coefficient (Wildman–Crippen LogP) is 1.98. The summed E-state index contributed by atoms with van der Waals surface area (Å²) in [5, 5.41) is 0. The van der Waals surface area contributed by atoms with Crippen molar-refractivity contribution in [3.05, 3.63) is 41.5 Å². The smallest absolute Gasteiger partial charge is 0.264 e. The molecule has 15 heavy (non-hydrogen) atoms. The van der Waals surface area contributed by atoms with Crippen LogP contribution in [0.25, 0.3) is 6.08 Å². The Kier molecular flexibility index (Phi) is 4.05. The average Bonchev–Trinajstić information content (AvgIpc) is 2.11. The van der Waals surface area contributed by atoms with Crippen LogP contribution in [0, 0.1) is 6.92 Å². The fourth-order valence-corrected chi connectivity index (χ4v) is 1.45. The molecule has 0 aliphatic carbocycles. The highest BCUT2D eigenvalue weighted by atomic mass is 32.2. The Morgan fingerprint density at radius 1 is 1.40 bits per heavy atom. The van der Waals surface area contributed by atoms with Crippen molar-refractivity contribution in [2.45, 2.75) is 6.92 Å². The lowest BCUT2D eigenvalue weighted by Gasteiger charge is -1.96. The van der Waals surface area contributed by atoms with Gasteiger partial charge in [-0.2, -0.15) is 8.42 Å². The molecule has 1 rings (SSSR count). The van der Waals surface area contributed by atoms with Crippen LogP contribution in [0.3, 0.4) is 0 Å². The topological polar surface area (TPSA) is 43.4 Å². The molecule has 0 amide bonds. The second kappa shape index (κ2) is 5.09. The summed E-state index contributed by atoms with van der Waals surface area (Å²) >= 11 is 0. The van der Waals surface area contributed by atoms with Gasteiger partial charge in [-0.1, -0.05) is 42.0 Å². The second-order valence-corrected chi connectivity index (χ2v) is 4.95. The van der Waals surface area contributed by atoms with Crippen molar-refractivity contribution >= 4 is 16.2 Å². The first-order valence-corrected chi connectivity index (χ1v) is 6.37. The number of benzene rings is 1. The van der Waals surface area contributed by atoms with Gasteiger partial charge in [0.1, 0.15) is 0 Å². The zero-order valence-corrected chi connectivity index (χ0v) is 9.62. The number of aryl methyl sites for hydroxylation is 1. The van der Waals surface area contributed by atoms with Crippen molar-refractivity contribution in [1.82, 2.24) is 0 Å². The van der Waals surface area contributed by atoms with Crippen LogP contribution in [0.1, 0.15) is 11.1 Å². The largest absolute Gasteiger partial charge is 0.266 e. The molecule has 1 aromatic rings. The highest BCUT2D eigenvalue weighted by Gasteiger charge is 1.97. The van der Waals surface area contributed by atoms with Crippen LogP contribution in [0.2, 0.25) is 0 Å². The molecule has 82 valence electrons. The van der Waals surface area contributed by atoms with Crippen LogP contribution in [0.4, 0.5) is 0 Å². The second-order valence-electron chi connectivity index (χ2n) is 3.31. The molecule has 0 saturated heterocycles. The van der Waals surface area contributed by atoms with Gasteiger partial charge in [-0.25, -0.2) is 0 Å². The maximum absolute atomic E-state index is 10.6. The Hall–Kier alpha value is -1.13. The Morgan fingerprint density at radius 2 is 2.13 bits per heavy atom. The normalized spacial score (nSPS) is 12.1. The van der Waals surface area contributed by atoms with Crippen LogP contribution in [0.15, 0.2) is 30.3 Å². The third-order valence-electron chi connectivity index (χ3n) is 1.73. The average molecular weight is 226 g/mol. The highest BCUT2D eigenvalue weighted by molar-refractivity contribution is 7.85. The first-order valence-electron chi connectivity index (χ1n) is 4.55. The van der Waals surface area contributed by atoms with Crippen LogP contribution in [-0.2, 0) is 14.3 Å². The molecule has 4 heteroatoms. The quantitative estimate of drug-likeness (QED) is 0.737. The first kappa shape index (κ1) is 11.9. The van der Waals surface area contributed by atoms with Crippen molar-refractivity contribution in [2.75, 3.05) is 12.9 Å². The summed E-state index contributed by atoms with van der Waals surface area (Å²) in [6.45, 7) is 2.08. The summed E-state index contributed by atoms with van der Waals surface area (Å²) < 4.78 is 25.8. The van der Waals surface area contributed by atoms with Crippen molar-refractivity contribution < 1.29 is 12.6 Å². The minimum absolute atomic E-state index is 0.0762. The van der Waals surface area contributed by atoms with Crippen molar-refractivity contribution in [3.8, 4) is 0 Å².